The van der Waals surface area contributed by atoms with Gasteiger partial charge in [0.05, 0.1) is 23.4 Å². The summed E-state index contributed by atoms with van der Waals surface area (Å²) in [6.07, 6.45) is 1.88. The minimum atomic E-state index is 0.339. The van der Waals surface area contributed by atoms with E-state index in [1.54, 1.807) is 18.4 Å². The minimum absolute atomic E-state index is 0.339. The largest absolute Gasteiger partial charge is 0.383 e. The van der Waals surface area contributed by atoms with Crippen LogP contribution in [0.4, 0.5) is 0 Å². The van der Waals surface area contributed by atoms with Gasteiger partial charge in [-0.15, -0.1) is 11.3 Å². The average molecular weight is 251 g/mol. The molecule has 2 heterocycles. The molecule has 0 saturated carbocycles. The quantitative estimate of drug-likeness (QED) is 0.828. The molecule has 5 heteroatoms. The molecule has 0 amide bonds. The standard InChI is InChI=1S/C12H17N3OS/c1-9(8-16-2)13-6-10-7-14-15-12(10)11-4-3-5-17-11/h3-5,7,9,13H,6,8H2,1-2H3,(H,14,15). The van der Waals surface area contributed by atoms with Gasteiger partial charge in [0.25, 0.3) is 0 Å². The first kappa shape index (κ1) is 12.3. The van der Waals surface area contributed by atoms with Gasteiger partial charge in [-0.2, -0.15) is 5.10 Å². The summed E-state index contributed by atoms with van der Waals surface area (Å²) in [5, 5.41) is 12.6. The third kappa shape index (κ3) is 3.15. The number of aromatic amines is 1. The summed E-state index contributed by atoms with van der Waals surface area (Å²) in [5.74, 6) is 0. The number of ether oxygens (including phenoxy) is 1. The number of H-pyrrole nitrogens is 1. The fourth-order valence-corrected chi connectivity index (χ4v) is 2.43. The summed E-state index contributed by atoms with van der Waals surface area (Å²) in [6, 6.07) is 4.48. The maximum Gasteiger partial charge on any atom is 0.0794 e. The number of aromatic nitrogens is 2. The maximum absolute atomic E-state index is 5.09. The second kappa shape index (κ2) is 5.95. The number of methoxy groups -OCH3 is 1. The highest BCUT2D eigenvalue weighted by Gasteiger charge is 2.09. The molecule has 2 N–H and O–H groups in total. The van der Waals surface area contributed by atoms with Crippen LogP contribution in [0.25, 0.3) is 10.6 Å². The van der Waals surface area contributed by atoms with Crippen molar-refractivity contribution in [1.82, 2.24) is 15.5 Å². The molecular weight excluding hydrogens is 234 g/mol. The molecule has 1 unspecified atom stereocenters. The first-order chi connectivity index (χ1) is 8.31. The van der Waals surface area contributed by atoms with Gasteiger partial charge >= 0.3 is 0 Å². The van der Waals surface area contributed by atoms with Gasteiger partial charge < -0.3 is 10.1 Å². The van der Waals surface area contributed by atoms with E-state index in [9.17, 15) is 0 Å². The Morgan fingerprint density at radius 1 is 1.59 bits per heavy atom. The Labute approximate surface area is 105 Å². The van der Waals surface area contributed by atoms with E-state index in [1.807, 2.05) is 12.3 Å². The lowest BCUT2D eigenvalue weighted by molar-refractivity contribution is 0.171. The minimum Gasteiger partial charge on any atom is -0.383 e. The second-order valence-electron chi connectivity index (χ2n) is 3.98. The Kier molecular flexibility index (Phi) is 4.30. The van der Waals surface area contributed by atoms with Crippen LogP contribution in [0, 0.1) is 0 Å². The zero-order valence-corrected chi connectivity index (χ0v) is 10.9. The molecule has 0 bridgehead atoms. The van der Waals surface area contributed by atoms with E-state index in [2.05, 4.69) is 33.9 Å². The second-order valence-corrected chi connectivity index (χ2v) is 4.93. The zero-order chi connectivity index (χ0) is 12.1. The molecule has 1 atom stereocenters. The summed E-state index contributed by atoms with van der Waals surface area (Å²) in [5.41, 5.74) is 2.30. The molecule has 2 aromatic rings. The first-order valence-corrected chi connectivity index (χ1v) is 6.47. The molecule has 17 heavy (non-hydrogen) atoms. The van der Waals surface area contributed by atoms with Gasteiger partial charge in [0.15, 0.2) is 0 Å². The Hall–Kier alpha value is -1.17. The van der Waals surface area contributed by atoms with Gasteiger partial charge in [-0.1, -0.05) is 6.07 Å². The van der Waals surface area contributed by atoms with E-state index >= 15 is 0 Å². The van der Waals surface area contributed by atoms with Gasteiger partial charge in [0.2, 0.25) is 0 Å². The van der Waals surface area contributed by atoms with Crippen molar-refractivity contribution in [1.29, 1.82) is 0 Å². The van der Waals surface area contributed by atoms with Crippen LogP contribution in [0.3, 0.4) is 0 Å². The highest BCUT2D eigenvalue weighted by atomic mass is 32.1. The number of hydrogen-bond donors (Lipinski definition) is 2. The molecular formula is C12H17N3OS. The molecule has 0 radical (unpaired) electrons. The first-order valence-electron chi connectivity index (χ1n) is 5.59. The van der Waals surface area contributed by atoms with Crippen LogP contribution in [0.1, 0.15) is 12.5 Å². The van der Waals surface area contributed by atoms with Crippen LogP contribution in [-0.4, -0.2) is 30.0 Å². The summed E-state index contributed by atoms with van der Waals surface area (Å²) in [6.45, 7) is 3.62. The molecule has 0 aliphatic rings. The van der Waals surface area contributed by atoms with Crippen LogP contribution in [-0.2, 0) is 11.3 Å². The number of hydrogen-bond acceptors (Lipinski definition) is 4. The van der Waals surface area contributed by atoms with E-state index in [0.29, 0.717) is 12.6 Å². The molecule has 0 aliphatic heterocycles. The fraction of sp³-hybridized carbons (Fsp3) is 0.417. The number of rotatable bonds is 6. The van der Waals surface area contributed by atoms with E-state index in [4.69, 9.17) is 4.74 Å². The van der Waals surface area contributed by atoms with Crippen LogP contribution < -0.4 is 5.32 Å². The van der Waals surface area contributed by atoms with Crippen molar-refractivity contribution in [2.45, 2.75) is 19.5 Å². The SMILES string of the molecule is COCC(C)NCc1cn[nH]c1-c1cccs1. The predicted octanol–water partition coefficient (Wildman–Crippen LogP) is 2.26. The van der Waals surface area contributed by atoms with Crippen molar-refractivity contribution >= 4 is 11.3 Å². The van der Waals surface area contributed by atoms with E-state index < -0.39 is 0 Å². The maximum atomic E-state index is 5.09. The van der Waals surface area contributed by atoms with Crippen molar-refractivity contribution in [2.24, 2.45) is 0 Å². The third-order valence-corrected chi connectivity index (χ3v) is 3.43. The van der Waals surface area contributed by atoms with Crippen molar-refractivity contribution in [3.05, 3.63) is 29.3 Å². The molecule has 0 spiro atoms. The summed E-state index contributed by atoms with van der Waals surface area (Å²) in [7, 11) is 1.72. The Bertz CT molecular complexity index is 438. The van der Waals surface area contributed by atoms with E-state index in [1.165, 1.54) is 10.4 Å². The number of nitrogens with one attached hydrogen (secondary N) is 2. The van der Waals surface area contributed by atoms with E-state index in [-0.39, 0.29) is 0 Å². The monoisotopic (exact) mass is 251 g/mol. The molecule has 0 aromatic carbocycles. The molecule has 2 rings (SSSR count). The van der Waals surface area contributed by atoms with Crippen LogP contribution in [0.15, 0.2) is 23.7 Å². The highest BCUT2D eigenvalue weighted by Crippen LogP contribution is 2.25. The molecule has 4 nitrogen and oxygen atoms in total. The zero-order valence-electron chi connectivity index (χ0n) is 10.1. The molecule has 0 saturated heterocycles. The lowest BCUT2D eigenvalue weighted by atomic mass is 10.2. The molecule has 0 fully saturated rings. The summed E-state index contributed by atoms with van der Waals surface area (Å²) >= 11 is 1.72. The smallest absolute Gasteiger partial charge is 0.0794 e. The average Bonchev–Trinajstić information content (AvgIpc) is 2.97. The Balaban J connectivity index is 2.00. The number of thiophene rings is 1. The predicted molar refractivity (Wildman–Crippen MR) is 70.1 cm³/mol. The molecule has 0 aliphatic carbocycles. The molecule has 92 valence electrons. The van der Waals surface area contributed by atoms with E-state index in [0.717, 1.165) is 12.2 Å². The van der Waals surface area contributed by atoms with Crippen LogP contribution >= 0.6 is 11.3 Å². The fourth-order valence-electron chi connectivity index (χ4n) is 1.67. The van der Waals surface area contributed by atoms with Gasteiger partial charge in [-0.25, -0.2) is 0 Å². The van der Waals surface area contributed by atoms with Gasteiger partial charge in [0.1, 0.15) is 0 Å². The van der Waals surface area contributed by atoms with Crippen LogP contribution in [0.2, 0.25) is 0 Å². The van der Waals surface area contributed by atoms with Gasteiger partial charge in [-0.3, -0.25) is 5.10 Å². The number of nitrogens with zero attached hydrogens (tertiary/aromatic N) is 1. The van der Waals surface area contributed by atoms with Crippen molar-refractivity contribution in [3.8, 4) is 10.6 Å². The van der Waals surface area contributed by atoms with Crippen molar-refractivity contribution in [3.63, 3.8) is 0 Å². The topological polar surface area (TPSA) is 49.9 Å². The third-order valence-electron chi connectivity index (χ3n) is 2.54. The van der Waals surface area contributed by atoms with Gasteiger partial charge in [0, 0.05) is 25.3 Å². The normalized spacial score (nSPS) is 12.8. The Morgan fingerprint density at radius 2 is 2.47 bits per heavy atom. The van der Waals surface area contributed by atoms with Crippen LogP contribution in [0.5, 0.6) is 0 Å². The summed E-state index contributed by atoms with van der Waals surface area (Å²) < 4.78 is 5.09. The lowest BCUT2D eigenvalue weighted by Crippen LogP contribution is -2.29. The van der Waals surface area contributed by atoms with Crippen molar-refractivity contribution < 1.29 is 4.74 Å². The Morgan fingerprint density at radius 3 is 3.18 bits per heavy atom. The van der Waals surface area contributed by atoms with Gasteiger partial charge in [-0.05, 0) is 18.4 Å². The highest BCUT2D eigenvalue weighted by molar-refractivity contribution is 7.13. The van der Waals surface area contributed by atoms with Crippen molar-refractivity contribution in [2.75, 3.05) is 13.7 Å². The summed E-state index contributed by atoms with van der Waals surface area (Å²) in [4.78, 5) is 1.22. The molecule has 2 aromatic heterocycles. The lowest BCUT2D eigenvalue weighted by Gasteiger charge is -2.12.